The molecule has 0 saturated carbocycles. The number of aromatic nitrogens is 2. The summed E-state index contributed by atoms with van der Waals surface area (Å²) in [4.78, 5) is 19.4. The number of carbonyl (C=O) groups is 1. The Morgan fingerprint density at radius 2 is 1.97 bits per heavy atom. The van der Waals surface area contributed by atoms with Gasteiger partial charge in [-0.05, 0) is 42.7 Å². The van der Waals surface area contributed by atoms with E-state index in [0.717, 1.165) is 29.9 Å². The van der Waals surface area contributed by atoms with Gasteiger partial charge in [0.1, 0.15) is 17.2 Å². The minimum atomic E-state index is -0.164. The molecule has 33 heavy (non-hydrogen) atoms. The highest BCUT2D eigenvalue weighted by Crippen LogP contribution is 2.29. The van der Waals surface area contributed by atoms with E-state index in [0.29, 0.717) is 31.1 Å². The Balaban J connectivity index is 1.25. The first-order valence-corrected chi connectivity index (χ1v) is 11.1. The van der Waals surface area contributed by atoms with E-state index in [2.05, 4.69) is 22.3 Å². The van der Waals surface area contributed by atoms with E-state index in [1.54, 1.807) is 24.3 Å². The molecule has 2 aromatic carbocycles. The van der Waals surface area contributed by atoms with Crippen LogP contribution < -0.4 is 4.74 Å². The van der Waals surface area contributed by atoms with E-state index in [9.17, 15) is 4.79 Å². The fourth-order valence-corrected chi connectivity index (χ4v) is 4.18. The van der Waals surface area contributed by atoms with Gasteiger partial charge in [-0.2, -0.15) is 0 Å². The number of likely N-dealkylation sites (tertiary alicyclic amines) is 1. The summed E-state index contributed by atoms with van der Waals surface area (Å²) in [5.41, 5.74) is 2.66. The SMILES string of the molecule is COc1ccc(-c2cc(C(=O)N3CCCC(c4ncc(Cc5ccccc5)o4)C3)on2)cc1. The molecule has 0 aliphatic carbocycles. The van der Waals surface area contributed by atoms with Gasteiger partial charge in [0, 0.05) is 31.1 Å². The van der Waals surface area contributed by atoms with Crippen LogP contribution in [0.1, 0.15) is 46.5 Å². The average molecular weight is 444 g/mol. The van der Waals surface area contributed by atoms with Gasteiger partial charge in [-0.25, -0.2) is 4.98 Å². The van der Waals surface area contributed by atoms with Gasteiger partial charge < -0.3 is 18.6 Å². The Morgan fingerprint density at radius 3 is 2.76 bits per heavy atom. The van der Waals surface area contributed by atoms with Gasteiger partial charge in [0.05, 0.1) is 19.2 Å². The molecule has 1 aliphatic heterocycles. The molecule has 2 aromatic heterocycles. The van der Waals surface area contributed by atoms with Crippen molar-refractivity contribution in [2.75, 3.05) is 20.2 Å². The third-order valence-corrected chi connectivity index (χ3v) is 5.96. The van der Waals surface area contributed by atoms with E-state index in [1.807, 2.05) is 42.5 Å². The molecule has 168 valence electrons. The molecule has 1 atom stereocenters. The van der Waals surface area contributed by atoms with Crippen LogP contribution in [0.2, 0.25) is 0 Å². The first-order chi connectivity index (χ1) is 16.2. The summed E-state index contributed by atoms with van der Waals surface area (Å²) < 4.78 is 16.6. The summed E-state index contributed by atoms with van der Waals surface area (Å²) in [5.74, 6) is 2.42. The number of oxazole rings is 1. The molecular formula is C26H25N3O4. The summed E-state index contributed by atoms with van der Waals surface area (Å²) in [6.45, 7) is 1.22. The second kappa shape index (κ2) is 9.32. The maximum absolute atomic E-state index is 13.1. The highest BCUT2D eigenvalue weighted by Gasteiger charge is 2.30. The van der Waals surface area contributed by atoms with E-state index >= 15 is 0 Å². The molecule has 1 unspecified atom stereocenters. The lowest BCUT2D eigenvalue weighted by atomic mass is 9.98. The summed E-state index contributed by atoms with van der Waals surface area (Å²) in [6.07, 6.45) is 4.31. The van der Waals surface area contributed by atoms with Gasteiger partial charge in [-0.1, -0.05) is 35.5 Å². The molecule has 1 aliphatic rings. The second-order valence-electron chi connectivity index (χ2n) is 8.22. The lowest BCUT2D eigenvalue weighted by molar-refractivity contribution is 0.0656. The zero-order valence-corrected chi connectivity index (χ0v) is 18.4. The van der Waals surface area contributed by atoms with Crippen LogP contribution in [0.5, 0.6) is 5.75 Å². The second-order valence-corrected chi connectivity index (χ2v) is 8.22. The van der Waals surface area contributed by atoms with Gasteiger partial charge in [0.2, 0.25) is 5.76 Å². The predicted octanol–water partition coefficient (Wildman–Crippen LogP) is 4.95. The van der Waals surface area contributed by atoms with Crippen molar-refractivity contribution in [3.8, 4) is 17.0 Å². The van der Waals surface area contributed by atoms with Gasteiger partial charge in [-0.3, -0.25) is 4.79 Å². The Hall–Kier alpha value is -3.87. The number of rotatable bonds is 6. The largest absolute Gasteiger partial charge is 0.497 e. The number of hydrogen-bond acceptors (Lipinski definition) is 6. The smallest absolute Gasteiger partial charge is 0.292 e. The van der Waals surface area contributed by atoms with Gasteiger partial charge in [0.25, 0.3) is 5.91 Å². The fraction of sp³-hybridized carbons (Fsp3) is 0.269. The van der Waals surface area contributed by atoms with Crippen molar-refractivity contribution < 1.29 is 18.5 Å². The lowest BCUT2D eigenvalue weighted by Crippen LogP contribution is -2.39. The van der Waals surface area contributed by atoms with Crippen molar-refractivity contribution in [2.45, 2.75) is 25.2 Å². The number of benzene rings is 2. The molecule has 1 amide bonds. The zero-order chi connectivity index (χ0) is 22.6. The summed E-state index contributed by atoms with van der Waals surface area (Å²) in [5, 5.41) is 4.08. The topological polar surface area (TPSA) is 81.6 Å². The Kier molecular flexibility index (Phi) is 5.93. The standard InChI is InChI=1S/C26H25N3O4/c1-31-21-11-9-19(10-12-21)23-15-24(33-28-23)26(30)29-13-5-8-20(17-29)25-27-16-22(32-25)14-18-6-3-2-4-7-18/h2-4,6-7,9-12,15-16,20H,5,8,13-14,17H2,1H3. The normalized spacial score (nSPS) is 16.0. The van der Waals surface area contributed by atoms with E-state index in [4.69, 9.17) is 13.7 Å². The number of nitrogens with zero attached hydrogens (tertiary/aromatic N) is 3. The van der Waals surface area contributed by atoms with Crippen LogP contribution in [-0.2, 0) is 6.42 Å². The van der Waals surface area contributed by atoms with Crippen LogP contribution in [0.3, 0.4) is 0 Å². The number of carbonyl (C=O) groups excluding carboxylic acids is 1. The van der Waals surface area contributed by atoms with Crippen LogP contribution in [0.15, 0.2) is 75.8 Å². The number of hydrogen-bond donors (Lipinski definition) is 0. The number of ether oxygens (including phenoxy) is 1. The molecule has 3 heterocycles. The maximum Gasteiger partial charge on any atom is 0.292 e. The third kappa shape index (κ3) is 4.67. The number of piperidine rings is 1. The molecule has 5 rings (SSSR count). The Labute approximate surface area is 192 Å². The van der Waals surface area contributed by atoms with Crippen LogP contribution >= 0.6 is 0 Å². The lowest BCUT2D eigenvalue weighted by Gasteiger charge is -2.30. The Morgan fingerprint density at radius 1 is 1.15 bits per heavy atom. The van der Waals surface area contributed by atoms with Crippen molar-refractivity contribution in [3.05, 3.63) is 89.8 Å². The number of methoxy groups -OCH3 is 1. The van der Waals surface area contributed by atoms with Crippen LogP contribution in [0.25, 0.3) is 11.3 Å². The third-order valence-electron chi connectivity index (χ3n) is 5.96. The first-order valence-electron chi connectivity index (χ1n) is 11.1. The molecule has 7 heteroatoms. The molecule has 1 fully saturated rings. The van der Waals surface area contributed by atoms with Crippen molar-refractivity contribution >= 4 is 5.91 Å². The monoisotopic (exact) mass is 443 g/mol. The average Bonchev–Trinajstić information content (AvgIpc) is 3.55. The van der Waals surface area contributed by atoms with Gasteiger partial charge in [0.15, 0.2) is 5.89 Å². The van der Waals surface area contributed by atoms with E-state index in [1.165, 1.54) is 5.56 Å². The van der Waals surface area contributed by atoms with Crippen molar-refractivity contribution in [1.82, 2.24) is 15.0 Å². The van der Waals surface area contributed by atoms with E-state index < -0.39 is 0 Å². The van der Waals surface area contributed by atoms with Crippen molar-refractivity contribution in [1.29, 1.82) is 0 Å². The highest BCUT2D eigenvalue weighted by molar-refractivity contribution is 5.92. The summed E-state index contributed by atoms with van der Waals surface area (Å²) in [7, 11) is 1.62. The van der Waals surface area contributed by atoms with Gasteiger partial charge >= 0.3 is 0 Å². The Bertz CT molecular complexity index is 1210. The molecule has 4 aromatic rings. The minimum Gasteiger partial charge on any atom is -0.497 e. The number of amides is 1. The summed E-state index contributed by atoms with van der Waals surface area (Å²) >= 11 is 0. The molecule has 0 bridgehead atoms. The quantitative estimate of drug-likeness (QED) is 0.419. The van der Waals surface area contributed by atoms with E-state index in [-0.39, 0.29) is 17.6 Å². The summed E-state index contributed by atoms with van der Waals surface area (Å²) in [6, 6.07) is 19.3. The molecule has 0 spiro atoms. The molecule has 0 radical (unpaired) electrons. The zero-order valence-electron chi connectivity index (χ0n) is 18.4. The van der Waals surface area contributed by atoms with Crippen molar-refractivity contribution in [3.63, 3.8) is 0 Å². The molecule has 1 saturated heterocycles. The first kappa shape index (κ1) is 21.0. The van der Waals surface area contributed by atoms with Crippen LogP contribution in [0.4, 0.5) is 0 Å². The van der Waals surface area contributed by atoms with Crippen LogP contribution in [0, 0.1) is 0 Å². The van der Waals surface area contributed by atoms with Crippen LogP contribution in [-0.4, -0.2) is 41.1 Å². The molecule has 7 nitrogen and oxygen atoms in total. The van der Waals surface area contributed by atoms with Crippen molar-refractivity contribution in [2.24, 2.45) is 0 Å². The minimum absolute atomic E-state index is 0.0659. The van der Waals surface area contributed by atoms with Gasteiger partial charge in [-0.15, -0.1) is 0 Å². The predicted molar refractivity (Wildman–Crippen MR) is 122 cm³/mol. The molecular weight excluding hydrogens is 418 g/mol. The fourth-order valence-electron chi connectivity index (χ4n) is 4.18. The highest BCUT2D eigenvalue weighted by atomic mass is 16.5. The maximum atomic E-state index is 13.1. The molecule has 0 N–H and O–H groups in total.